The molecule has 0 saturated carbocycles. The van der Waals surface area contributed by atoms with E-state index in [2.05, 4.69) is 45.0 Å². The second-order valence-electron chi connectivity index (χ2n) is 5.17. The maximum absolute atomic E-state index is 5.66. The van der Waals surface area contributed by atoms with Crippen LogP contribution in [0, 0.1) is 6.92 Å². The second kappa shape index (κ2) is 10.1. The van der Waals surface area contributed by atoms with Crippen molar-refractivity contribution in [2.45, 2.75) is 65.5 Å². The minimum Gasteiger partial charge on any atom is -0.328 e. The Hall–Kier alpha value is -0.860. The van der Waals surface area contributed by atoms with Crippen molar-refractivity contribution < 1.29 is 0 Å². The van der Waals surface area contributed by atoms with Gasteiger partial charge in [-0.3, -0.25) is 0 Å². The van der Waals surface area contributed by atoms with Crippen molar-refractivity contribution in [2.75, 3.05) is 0 Å². The molecular formula is C16H30N2. The summed E-state index contributed by atoms with van der Waals surface area (Å²) in [7, 11) is 0. The third kappa shape index (κ3) is 9.20. The lowest BCUT2D eigenvalue weighted by atomic mass is 10.1. The van der Waals surface area contributed by atoms with Crippen LogP contribution in [0.1, 0.15) is 63.6 Å². The molecule has 2 unspecified atom stereocenters. The Morgan fingerprint density at radius 1 is 1.00 bits per heavy atom. The number of nitrogens with two attached hydrogens (primary N) is 2. The van der Waals surface area contributed by atoms with Crippen LogP contribution in [0.15, 0.2) is 24.3 Å². The molecule has 0 amide bonds. The Labute approximate surface area is 113 Å². The van der Waals surface area contributed by atoms with Crippen molar-refractivity contribution >= 4 is 0 Å². The van der Waals surface area contributed by atoms with E-state index >= 15 is 0 Å². The summed E-state index contributed by atoms with van der Waals surface area (Å²) >= 11 is 0. The van der Waals surface area contributed by atoms with E-state index in [4.69, 9.17) is 11.5 Å². The highest BCUT2D eigenvalue weighted by Crippen LogP contribution is 2.09. The highest BCUT2D eigenvalue weighted by Gasteiger charge is 1.95. The first-order valence-corrected chi connectivity index (χ1v) is 7.05. The summed E-state index contributed by atoms with van der Waals surface area (Å²) in [6.07, 6.45) is 5.12. The first-order valence-electron chi connectivity index (χ1n) is 7.05. The van der Waals surface area contributed by atoms with Crippen molar-refractivity contribution in [3.05, 3.63) is 35.4 Å². The third-order valence-electron chi connectivity index (χ3n) is 2.87. The van der Waals surface area contributed by atoms with Crippen molar-refractivity contribution in [1.82, 2.24) is 0 Å². The first kappa shape index (κ1) is 17.1. The molecule has 1 aromatic carbocycles. The van der Waals surface area contributed by atoms with Gasteiger partial charge in [-0.25, -0.2) is 0 Å². The zero-order chi connectivity index (χ0) is 14.0. The van der Waals surface area contributed by atoms with Crippen molar-refractivity contribution in [3.8, 4) is 0 Å². The average molecular weight is 250 g/mol. The molecule has 0 radical (unpaired) electrons. The summed E-state index contributed by atoms with van der Waals surface area (Å²) in [5.41, 5.74) is 13.7. The molecule has 18 heavy (non-hydrogen) atoms. The fraction of sp³-hybridized carbons (Fsp3) is 0.625. The average Bonchev–Trinajstić information content (AvgIpc) is 2.30. The molecule has 0 heterocycles. The molecule has 1 aromatic rings. The monoisotopic (exact) mass is 250 g/mol. The quantitative estimate of drug-likeness (QED) is 0.778. The van der Waals surface area contributed by atoms with Gasteiger partial charge in [-0.1, -0.05) is 56.0 Å². The molecular weight excluding hydrogens is 220 g/mol. The Balaban J connectivity index is 0.000000331. The fourth-order valence-corrected chi connectivity index (χ4v) is 1.59. The number of aryl methyl sites for hydroxylation is 1. The van der Waals surface area contributed by atoms with Crippen LogP contribution in [0.2, 0.25) is 0 Å². The molecule has 0 aromatic heterocycles. The normalized spacial score (nSPS) is 13.4. The van der Waals surface area contributed by atoms with E-state index in [-0.39, 0.29) is 6.04 Å². The highest BCUT2D eigenvalue weighted by molar-refractivity contribution is 5.23. The largest absolute Gasteiger partial charge is 0.328 e. The molecule has 104 valence electrons. The lowest BCUT2D eigenvalue weighted by Crippen LogP contribution is -2.13. The summed E-state index contributed by atoms with van der Waals surface area (Å²) in [5, 5.41) is 0. The van der Waals surface area contributed by atoms with Crippen LogP contribution in [0.25, 0.3) is 0 Å². The smallest absolute Gasteiger partial charge is 0.0266 e. The van der Waals surface area contributed by atoms with Gasteiger partial charge in [0.25, 0.3) is 0 Å². The molecule has 2 heteroatoms. The van der Waals surface area contributed by atoms with Gasteiger partial charge in [0.1, 0.15) is 0 Å². The molecule has 1 rings (SSSR count). The maximum atomic E-state index is 5.66. The van der Waals surface area contributed by atoms with Gasteiger partial charge in [-0.2, -0.15) is 0 Å². The second-order valence-corrected chi connectivity index (χ2v) is 5.17. The van der Waals surface area contributed by atoms with E-state index in [1.807, 2.05) is 6.92 Å². The topological polar surface area (TPSA) is 52.0 Å². The van der Waals surface area contributed by atoms with Crippen molar-refractivity contribution in [3.63, 3.8) is 0 Å². The molecule has 2 atom stereocenters. The Bertz CT molecular complexity index is 288. The van der Waals surface area contributed by atoms with Crippen LogP contribution in [-0.2, 0) is 0 Å². The first-order chi connectivity index (χ1) is 8.47. The van der Waals surface area contributed by atoms with Crippen LogP contribution < -0.4 is 11.5 Å². The lowest BCUT2D eigenvalue weighted by molar-refractivity contribution is 0.592. The van der Waals surface area contributed by atoms with Gasteiger partial charge in [-0.05, 0) is 32.8 Å². The van der Waals surface area contributed by atoms with Gasteiger partial charge in [0.15, 0.2) is 0 Å². The summed E-state index contributed by atoms with van der Waals surface area (Å²) in [4.78, 5) is 0. The van der Waals surface area contributed by atoms with E-state index in [0.29, 0.717) is 6.04 Å². The van der Waals surface area contributed by atoms with Crippen LogP contribution in [0.4, 0.5) is 0 Å². The summed E-state index contributed by atoms with van der Waals surface area (Å²) in [6.45, 7) is 8.34. The molecule has 0 fully saturated rings. The lowest BCUT2D eigenvalue weighted by Gasteiger charge is -2.03. The summed E-state index contributed by atoms with van der Waals surface area (Å²) in [5.74, 6) is 0. The number of rotatable bonds is 5. The summed E-state index contributed by atoms with van der Waals surface area (Å²) in [6, 6.07) is 8.86. The van der Waals surface area contributed by atoms with E-state index in [1.165, 1.54) is 36.8 Å². The summed E-state index contributed by atoms with van der Waals surface area (Å²) < 4.78 is 0. The highest BCUT2D eigenvalue weighted by atomic mass is 14.6. The van der Waals surface area contributed by atoms with Crippen LogP contribution >= 0.6 is 0 Å². The Morgan fingerprint density at radius 3 is 1.94 bits per heavy atom. The van der Waals surface area contributed by atoms with Gasteiger partial charge in [-0.15, -0.1) is 0 Å². The van der Waals surface area contributed by atoms with E-state index in [1.54, 1.807) is 0 Å². The zero-order valence-corrected chi connectivity index (χ0v) is 12.4. The number of unbranched alkanes of at least 4 members (excludes halogenated alkanes) is 2. The van der Waals surface area contributed by atoms with E-state index < -0.39 is 0 Å². The van der Waals surface area contributed by atoms with Crippen LogP contribution in [-0.4, -0.2) is 6.04 Å². The minimum atomic E-state index is 0.153. The Morgan fingerprint density at radius 2 is 1.56 bits per heavy atom. The van der Waals surface area contributed by atoms with Gasteiger partial charge in [0.2, 0.25) is 0 Å². The molecule has 0 bridgehead atoms. The third-order valence-corrected chi connectivity index (χ3v) is 2.87. The van der Waals surface area contributed by atoms with Gasteiger partial charge >= 0.3 is 0 Å². The standard InChI is InChI=1S/C9H13N.C7H17N/c1-7-3-5-9(6-4-7)8(2)10;1-3-4-5-6-7(2)8/h3-6,8H,10H2,1-2H3;7H,3-6,8H2,1-2H3. The predicted molar refractivity (Wildman–Crippen MR) is 81.6 cm³/mol. The SMILES string of the molecule is CCCCCC(C)N.Cc1ccc(C(C)N)cc1. The number of benzene rings is 1. The fourth-order valence-electron chi connectivity index (χ4n) is 1.59. The molecule has 0 saturated heterocycles. The van der Waals surface area contributed by atoms with Crippen molar-refractivity contribution in [1.29, 1.82) is 0 Å². The van der Waals surface area contributed by atoms with Gasteiger partial charge in [0.05, 0.1) is 0 Å². The van der Waals surface area contributed by atoms with Crippen LogP contribution in [0.5, 0.6) is 0 Å². The molecule has 4 N–H and O–H groups in total. The molecule has 0 aliphatic carbocycles. The number of hydrogen-bond acceptors (Lipinski definition) is 2. The molecule has 0 spiro atoms. The Kier molecular flexibility index (Phi) is 9.62. The molecule has 2 nitrogen and oxygen atoms in total. The maximum Gasteiger partial charge on any atom is 0.0266 e. The zero-order valence-electron chi connectivity index (χ0n) is 12.4. The predicted octanol–water partition coefficient (Wildman–Crippen LogP) is 3.93. The van der Waals surface area contributed by atoms with Crippen LogP contribution in [0.3, 0.4) is 0 Å². The molecule has 0 aliphatic heterocycles. The van der Waals surface area contributed by atoms with E-state index in [9.17, 15) is 0 Å². The van der Waals surface area contributed by atoms with Gasteiger partial charge < -0.3 is 11.5 Å². The van der Waals surface area contributed by atoms with Gasteiger partial charge in [0, 0.05) is 12.1 Å². The minimum absolute atomic E-state index is 0.153. The number of hydrogen-bond donors (Lipinski definition) is 2. The molecule has 0 aliphatic rings. The van der Waals surface area contributed by atoms with Crippen molar-refractivity contribution in [2.24, 2.45) is 11.5 Å². The van der Waals surface area contributed by atoms with E-state index in [0.717, 1.165) is 0 Å².